The number of alkyl halides is 3. The van der Waals surface area contributed by atoms with Crippen LogP contribution >= 0.6 is 0 Å². The van der Waals surface area contributed by atoms with E-state index in [0.717, 1.165) is 28.6 Å². The van der Waals surface area contributed by atoms with Crippen LogP contribution in [0.4, 0.5) is 13.2 Å². The molecule has 0 fully saturated rings. The van der Waals surface area contributed by atoms with Crippen molar-refractivity contribution >= 4 is 16.9 Å². The molecule has 0 bridgehead atoms. The second-order valence-corrected chi connectivity index (χ2v) is 9.01. The van der Waals surface area contributed by atoms with Gasteiger partial charge in [0, 0.05) is 17.1 Å². The summed E-state index contributed by atoms with van der Waals surface area (Å²) in [6.07, 6.45) is -3.04. The largest absolute Gasteiger partial charge is 0.486 e. The summed E-state index contributed by atoms with van der Waals surface area (Å²) in [5.41, 5.74) is 0.618. The number of aliphatic carboxylic acids is 1. The maximum absolute atomic E-state index is 12.9. The zero-order valence-corrected chi connectivity index (χ0v) is 20.1. The maximum atomic E-state index is 12.9. The first-order chi connectivity index (χ1) is 16.8. The van der Waals surface area contributed by atoms with Crippen LogP contribution in [0.25, 0.3) is 16.6 Å². The summed E-state index contributed by atoms with van der Waals surface area (Å²) in [4.78, 5) is 11.4. The lowest BCUT2D eigenvalue weighted by Crippen LogP contribution is -2.38. The molecule has 9 heteroatoms. The molecular weight excluding hydrogens is 473 g/mol. The van der Waals surface area contributed by atoms with Crippen molar-refractivity contribution in [1.82, 2.24) is 9.78 Å². The molecule has 0 aliphatic carbocycles. The van der Waals surface area contributed by atoms with Crippen LogP contribution in [0.1, 0.15) is 43.6 Å². The van der Waals surface area contributed by atoms with E-state index in [-0.39, 0.29) is 0 Å². The molecule has 1 aromatic heterocycles. The van der Waals surface area contributed by atoms with Gasteiger partial charge in [0.25, 0.3) is 0 Å². The first-order valence-electron chi connectivity index (χ1n) is 11.2. The Morgan fingerprint density at radius 2 is 1.75 bits per heavy atom. The molecule has 0 radical (unpaired) electrons. The molecule has 36 heavy (non-hydrogen) atoms. The van der Waals surface area contributed by atoms with E-state index in [4.69, 9.17) is 9.47 Å². The van der Waals surface area contributed by atoms with Gasteiger partial charge in [0.1, 0.15) is 17.6 Å². The number of aromatic nitrogens is 2. The summed E-state index contributed by atoms with van der Waals surface area (Å²) < 4.78 is 52.0. The van der Waals surface area contributed by atoms with E-state index in [1.165, 1.54) is 26.0 Å². The monoisotopic (exact) mass is 498 g/mol. The van der Waals surface area contributed by atoms with Gasteiger partial charge < -0.3 is 14.6 Å². The Balaban J connectivity index is 1.57. The number of aryl methyl sites for hydroxylation is 1. The number of carboxylic acid groups (broad SMARTS) is 1. The first-order valence-corrected chi connectivity index (χ1v) is 11.2. The third-order valence-corrected chi connectivity index (χ3v) is 5.80. The fraction of sp³-hybridized carbons (Fsp3) is 0.259. The zero-order valence-electron chi connectivity index (χ0n) is 20.1. The molecule has 0 aliphatic rings. The SMILES string of the molecule is Cc1cc(OC(C)c2cccc3cn(-c4ccc(C(F)(F)F)cc4)nc23)ccc1OC(C)(C)C(=O)O. The number of hydrogen-bond acceptors (Lipinski definition) is 4. The Bertz CT molecular complexity index is 1410. The van der Waals surface area contributed by atoms with Gasteiger partial charge in [-0.2, -0.15) is 18.3 Å². The van der Waals surface area contributed by atoms with Crippen molar-refractivity contribution in [2.24, 2.45) is 0 Å². The molecule has 0 spiro atoms. The fourth-order valence-corrected chi connectivity index (χ4v) is 3.73. The van der Waals surface area contributed by atoms with Gasteiger partial charge in [-0.15, -0.1) is 0 Å². The molecule has 3 aromatic carbocycles. The van der Waals surface area contributed by atoms with Gasteiger partial charge in [0.15, 0.2) is 5.60 Å². The quantitative estimate of drug-likeness (QED) is 0.306. The molecule has 1 atom stereocenters. The summed E-state index contributed by atoms with van der Waals surface area (Å²) in [5.74, 6) is -0.0564. The highest BCUT2D eigenvalue weighted by Gasteiger charge is 2.31. The lowest BCUT2D eigenvalue weighted by Gasteiger charge is -2.23. The number of hydrogen-bond donors (Lipinski definition) is 1. The Morgan fingerprint density at radius 1 is 1.06 bits per heavy atom. The van der Waals surface area contributed by atoms with Gasteiger partial charge in [0.2, 0.25) is 0 Å². The van der Waals surface area contributed by atoms with Gasteiger partial charge >= 0.3 is 12.1 Å². The predicted octanol–water partition coefficient (Wildman–Crippen LogP) is 6.73. The topological polar surface area (TPSA) is 73.6 Å². The molecule has 4 rings (SSSR count). The Morgan fingerprint density at radius 3 is 2.36 bits per heavy atom. The third kappa shape index (κ3) is 5.15. The van der Waals surface area contributed by atoms with E-state index in [0.29, 0.717) is 22.7 Å². The van der Waals surface area contributed by atoms with Gasteiger partial charge in [-0.3, -0.25) is 0 Å². The Kier molecular flexibility index (Phi) is 6.43. The molecule has 4 aromatic rings. The number of rotatable bonds is 7. The van der Waals surface area contributed by atoms with Gasteiger partial charge in [-0.1, -0.05) is 18.2 Å². The highest BCUT2D eigenvalue weighted by molar-refractivity contribution is 5.82. The number of ether oxygens (including phenoxy) is 2. The van der Waals surface area contributed by atoms with Crippen LogP contribution in [0.3, 0.4) is 0 Å². The molecule has 0 saturated heterocycles. The van der Waals surface area contributed by atoms with E-state index in [9.17, 15) is 23.1 Å². The van der Waals surface area contributed by atoms with Crippen LogP contribution in [0.5, 0.6) is 11.5 Å². The van der Waals surface area contributed by atoms with Crippen molar-refractivity contribution in [2.75, 3.05) is 0 Å². The van der Waals surface area contributed by atoms with E-state index in [2.05, 4.69) is 5.10 Å². The zero-order chi connectivity index (χ0) is 26.3. The Hall–Kier alpha value is -4.01. The van der Waals surface area contributed by atoms with Crippen molar-refractivity contribution in [3.8, 4) is 17.2 Å². The van der Waals surface area contributed by atoms with Crippen LogP contribution in [0.15, 0.2) is 66.9 Å². The number of carboxylic acids is 1. The Labute approximate surface area is 205 Å². The molecule has 0 saturated carbocycles. The average Bonchev–Trinajstić information content (AvgIpc) is 3.24. The van der Waals surface area contributed by atoms with Crippen molar-refractivity contribution < 1.29 is 32.5 Å². The van der Waals surface area contributed by atoms with Crippen molar-refractivity contribution in [3.05, 3.63) is 83.6 Å². The van der Waals surface area contributed by atoms with Gasteiger partial charge in [0.05, 0.1) is 16.8 Å². The van der Waals surface area contributed by atoms with Gasteiger partial charge in [-0.05, 0) is 75.7 Å². The van der Waals surface area contributed by atoms with Crippen molar-refractivity contribution in [3.63, 3.8) is 0 Å². The highest BCUT2D eigenvalue weighted by atomic mass is 19.4. The second kappa shape index (κ2) is 9.22. The lowest BCUT2D eigenvalue weighted by molar-refractivity contribution is -0.152. The molecule has 1 N–H and O–H groups in total. The highest BCUT2D eigenvalue weighted by Crippen LogP contribution is 2.33. The lowest BCUT2D eigenvalue weighted by atomic mass is 10.1. The summed E-state index contributed by atoms with van der Waals surface area (Å²) in [7, 11) is 0. The minimum atomic E-state index is -4.40. The molecular formula is C27H25F3N2O4. The van der Waals surface area contributed by atoms with E-state index >= 15 is 0 Å². The number of halogens is 3. The molecule has 1 heterocycles. The smallest absolute Gasteiger partial charge is 0.416 e. The number of nitrogens with zero attached hydrogens (tertiary/aromatic N) is 2. The third-order valence-electron chi connectivity index (χ3n) is 5.80. The van der Waals surface area contributed by atoms with E-state index in [1.807, 2.05) is 25.1 Å². The maximum Gasteiger partial charge on any atom is 0.416 e. The fourth-order valence-electron chi connectivity index (χ4n) is 3.73. The van der Waals surface area contributed by atoms with E-state index < -0.39 is 29.4 Å². The summed E-state index contributed by atoms with van der Waals surface area (Å²) in [6, 6.07) is 15.6. The second-order valence-electron chi connectivity index (χ2n) is 9.01. The predicted molar refractivity (Wildman–Crippen MR) is 129 cm³/mol. The van der Waals surface area contributed by atoms with E-state index in [1.54, 1.807) is 36.0 Å². The summed E-state index contributed by atoms with van der Waals surface area (Å²) in [6.45, 7) is 6.63. The minimum absolute atomic E-state index is 0.397. The number of benzene rings is 3. The van der Waals surface area contributed by atoms with Crippen LogP contribution in [-0.2, 0) is 11.0 Å². The van der Waals surface area contributed by atoms with Crippen LogP contribution in [0.2, 0.25) is 0 Å². The molecule has 0 aliphatic heterocycles. The molecule has 6 nitrogen and oxygen atoms in total. The molecule has 0 amide bonds. The van der Waals surface area contributed by atoms with Crippen LogP contribution in [0, 0.1) is 6.92 Å². The number of fused-ring (bicyclic) bond motifs is 1. The van der Waals surface area contributed by atoms with Crippen LogP contribution < -0.4 is 9.47 Å². The van der Waals surface area contributed by atoms with Crippen molar-refractivity contribution in [2.45, 2.75) is 45.6 Å². The standard InChI is InChI=1S/C27H25F3N2O4/c1-16-14-21(12-13-23(16)36-26(3,4)25(33)34)35-17(2)22-7-5-6-18-15-32(31-24(18)22)20-10-8-19(9-11-20)27(28,29)30/h5-15,17H,1-4H3,(H,33,34). The molecule has 1 unspecified atom stereocenters. The summed E-state index contributed by atoms with van der Waals surface area (Å²) >= 11 is 0. The number of carbonyl (C=O) groups is 1. The summed E-state index contributed by atoms with van der Waals surface area (Å²) in [5, 5.41) is 14.7. The first kappa shape index (κ1) is 25.1. The molecule has 188 valence electrons. The van der Waals surface area contributed by atoms with Gasteiger partial charge in [-0.25, -0.2) is 9.48 Å². The van der Waals surface area contributed by atoms with Crippen LogP contribution in [-0.4, -0.2) is 26.5 Å². The average molecular weight is 499 g/mol. The normalized spacial score (nSPS) is 13.0. The minimum Gasteiger partial charge on any atom is -0.486 e. The van der Waals surface area contributed by atoms with Crippen molar-refractivity contribution in [1.29, 1.82) is 0 Å².